The van der Waals surface area contributed by atoms with E-state index in [1.807, 2.05) is 96.9 Å². The van der Waals surface area contributed by atoms with Gasteiger partial charge in [-0.2, -0.15) is 59.7 Å². The van der Waals surface area contributed by atoms with Gasteiger partial charge >= 0.3 is 5.97 Å². The van der Waals surface area contributed by atoms with Crippen LogP contribution in [0.1, 0.15) is 120 Å². The number of allylic oxidation sites excluding steroid dienone is 12. The Kier molecular flexibility index (Phi) is 29.3. The van der Waals surface area contributed by atoms with Crippen LogP contribution in [0.15, 0.2) is 182 Å². The van der Waals surface area contributed by atoms with E-state index >= 15 is 0 Å². The highest BCUT2D eigenvalue weighted by Crippen LogP contribution is 2.38. The van der Waals surface area contributed by atoms with Gasteiger partial charge in [-0.05, 0) is 174 Å². The third-order valence-electron chi connectivity index (χ3n) is 17.3. The first kappa shape index (κ1) is 84.6. The van der Waals surface area contributed by atoms with Crippen LogP contribution in [-0.2, 0) is 76.8 Å². The lowest BCUT2D eigenvalue weighted by Gasteiger charge is -2.28. The second kappa shape index (κ2) is 36.1. The number of rotatable bonds is 36. The molecule has 0 unspecified atom stereocenters. The highest BCUT2D eigenvalue weighted by molar-refractivity contribution is 7.87. The molecular weight excluding hydrogens is 1460 g/mol. The van der Waals surface area contributed by atoms with Crippen molar-refractivity contribution in [2.75, 3.05) is 41.7 Å². The molecule has 0 aromatic heterocycles. The minimum Gasteiger partial charge on any atom is -0.481 e. The Balaban J connectivity index is 1.18. The van der Waals surface area contributed by atoms with Gasteiger partial charge in [0, 0.05) is 122 Å². The number of benzene rings is 6. The summed E-state index contributed by atoms with van der Waals surface area (Å²) < 4.78 is 209. The standard InChI is InChI=1S/C72H87N5O21S6/c1-10-74(67-36-32-61-63(55(67)8)44-59(101(87,88)89)46-69(61)103(93,94)95)51(4)24-15-11-18-27-54(7)77(68-37-33-62-64(56(68)9)45-60(102(90,91)92)47-70(62)104(96,97)98)39-21-13-19-28-71(78)73-48-57-30-34-65(49(2)42-57)76(40-23-41-99(81,82)83)53(6)26-17-12-16-25-52(5)75(38-22-14-20-29-72(79)80)66-35-31-58(43-50(66)3)100(84,85)86/h11-12,15-18,24-27,30-37,42-47H,10,13-14,19-23,28-29,38-41,48H2,1-9H3,(H6-2,73,78,79,80,81,82,83,84,85,86,87,88,89,90,91,92,93,94,95,96,97,98)/p+2. The number of aliphatic carboxylic acids is 1. The number of carboxylic acids is 1. The molecule has 0 saturated heterocycles. The lowest BCUT2D eigenvalue weighted by Crippen LogP contribution is -2.24. The maximum Gasteiger partial charge on any atom is 0.303 e. The lowest BCUT2D eigenvalue weighted by molar-refractivity contribution is -0.440. The van der Waals surface area contributed by atoms with Gasteiger partial charge in [0.15, 0.2) is 11.4 Å². The molecule has 0 fully saturated rings. The van der Waals surface area contributed by atoms with E-state index in [0.29, 0.717) is 115 Å². The van der Waals surface area contributed by atoms with Crippen LogP contribution in [0.3, 0.4) is 0 Å². The Morgan fingerprint density at radius 3 is 1.42 bits per heavy atom. The molecule has 104 heavy (non-hydrogen) atoms. The van der Waals surface area contributed by atoms with E-state index in [2.05, 4.69) is 5.32 Å². The van der Waals surface area contributed by atoms with Crippen molar-refractivity contribution in [1.82, 2.24) is 5.32 Å². The third-order valence-corrected chi connectivity index (χ3v) is 22.4. The summed E-state index contributed by atoms with van der Waals surface area (Å²) >= 11 is 0. The van der Waals surface area contributed by atoms with E-state index in [9.17, 15) is 87.4 Å². The van der Waals surface area contributed by atoms with E-state index in [1.54, 1.807) is 81.5 Å². The van der Waals surface area contributed by atoms with Gasteiger partial charge in [-0.1, -0.05) is 61.4 Å². The zero-order valence-corrected chi connectivity index (χ0v) is 63.9. The van der Waals surface area contributed by atoms with Gasteiger partial charge < -0.3 is 20.2 Å². The van der Waals surface area contributed by atoms with Crippen LogP contribution in [0, 0.1) is 27.7 Å². The average molecular weight is 1550 g/mol. The van der Waals surface area contributed by atoms with E-state index < -0.39 is 92.0 Å². The quantitative estimate of drug-likeness (QED) is 0.00595. The third kappa shape index (κ3) is 23.8. The van der Waals surface area contributed by atoms with Crippen molar-refractivity contribution in [2.45, 2.75) is 151 Å². The van der Waals surface area contributed by atoms with Crippen molar-refractivity contribution in [2.24, 2.45) is 0 Å². The number of carbonyl (C=O) groups excluding carboxylic acids is 1. The fourth-order valence-corrected chi connectivity index (χ4v) is 15.8. The second-order valence-corrected chi connectivity index (χ2v) is 33.5. The number of unbranched alkanes of at least 4 members (excludes halogenated alkanes) is 4. The first-order valence-corrected chi connectivity index (χ1v) is 41.7. The number of carboxylic acid groups (broad SMARTS) is 1. The minimum atomic E-state index is -4.99. The first-order valence-electron chi connectivity index (χ1n) is 32.9. The van der Waals surface area contributed by atoms with Crippen LogP contribution < -0.4 is 15.1 Å². The predicted molar refractivity (Wildman–Crippen MR) is 402 cm³/mol. The molecule has 0 aliphatic carbocycles. The lowest BCUT2D eigenvalue weighted by atomic mass is 10.0. The summed E-state index contributed by atoms with van der Waals surface area (Å²) in [4.78, 5) is 25.3. The second-order valence-electron chi connectivity index (χ2n) is 24.9. The van der Waals surface area contributed by atoms with Gasteiger partial charge in [-0.3, -0.25) is 36.9 Å². The smallest absolute Gasteiger partial charge is 0.303 e. The Morgan fingerprint density at radius 2 is 0.942 bits per heavy atom. The number of anilines is 2. The van der Waals surface area contributed by atoms with Crippen molar-refractivity contribution < 1.29 is 102 Å². The van der Waals surface area contributed by atoms with Crippen molar-refractivity contribution in [1.29, 1.82) is 0 Å². The number of aryl methyl sites for hydroxylation is 4. The number of nitrogens with zero attached hydrogens (tertiary/aromatic N) is 4. The Bertz CT molecular complexity index is 5270. The first-order chi connectivity index (χ1) is 48.4. The zero-order valence-electron chi connectivity index (χ0n) is 59.0. The van der Waals surface area contributed by atoms with Crippen LogP contribution in [0.4, 0.5) is 22.7 Å². The number of hydrogen-bond donors (Lipinski definition) is 8. The zero-order chi connectivity index (χ0) is 77.5. The predicted octanol–water partition coefficient (Wildman–Crippen LogP) is 12.5. The summed E-state index contributed by atoms with van der Waals surface area (Å²) in [6, 6.07) is 19.6. The molecule has 26 nitrogen and oxygen atoms in total. The molecule has 8 N–H and O–H groups in total. The van der Waals surface area contributed by atoms with Crippen LogP contribution in [-0.4, -0.2) is 147 Å². The normalized spacial score (nSPS) is 13.8. The van der Waals surface area contributed by atoms with Crippen LogP contribution in [0.5, 0.6) is 0 Å². The highest BCUT2D eigenvalue weighted by Gasteiger charge is 2.27. The summed E-state index contributed by atoms with van der Waals surface area (Å²) in [5.74, 6) is -1.59. The van der Waals surface area contributed by atoms with E-state index in [0.717, 1.165) is 40.4 Å². The molecule has 0 aliphatic rings. The van der Waals surface area contributed by atoms with Gasteiger partial charge in [0.25, 0.3) is 60.7 Å². The molecule has 6 aromatic carbocycles. The number of fused-ring (bicyclic) bond motifs is 2. The van der Waals surface area contributed by atoms with Crippen molar-refractivity contribution >= 4 is 128 Å². The number of hydrogen-bond acceptors (Lipinski definition) is 16. The molecule has 32 heteroatoms. The van der Waals surface area contributed by atoms with E-state index in [-0.39, 0.29) is 64.7 Å². The number of amides is 1. The fraction of sp³-hybridized carbons (Fsp3) is 0.333. The fourth-order valence-electron chi connectivity index (χ4n) is 12.0. The summed E-state index contributed by atoms with van der Waals surface area (Å²) in [6.45, 7) is 17.7. The SMILES string of the molecule is CC\[N+](=C(C)/C=C/C=C/C=C(\C)N(CCCCCC(=O)NCc1ccc(/[N+](CCCS(=O)(=O)O)=C(C)/C=C/C=C/C=C(\C)N(CCCCCC(=O)O)c2ccc(S(=O)(=O)O)cc2C)c(C)c1)c1ccc2c(S(=O)(=O)O)cc(S(=O)(=O)O)cc2c1C)c1ccc2c(S(=O)(=O)O)cc(S(=O)(=O)O)cc2c1C. The Hall–Kier alpha value is -8.38. The molecule has 0 heterocycles. The molecule has 562 valence electrons. The summed E-state index contributed by atoms with van der Waals surface area (Å²) in [5.41, 5.74) is 8.49. The maximum absolute atomic E-state index is 13.4. The molecule has 6 aromatic rings. The van der Waals surface area contributed by atoms with Gasteiger partial charge in [0.2, 0.25) is 17.3 Å². The van der Waals surface area contributed by atoms with E-state index in [1.165, 1.54) is 24.3 Å². The molecule has 1 amide bonds. The van der Waals surface area contributed by atoms with Crippen LogP contribution in [0.25, 0.3) is 21.5 Å². The van der Waals surface area contributed by atoms with Crippen LogP contribution >= 0.6 is 0 Å². The van der Waals surface area contributed by atoms with Crippen molar-refractivity contribution in [3.63, 3.8) is 0 Å². The minimum absolute atomic E-state index is 0.00152. The molecular formula is C72H89N5O21S6+2. The highest BCUT2D eigenvalue weighted by atomic mass is 32.2. The molecule has 0 spiro atoms. The molecule has 0 saturated carbocycles. The summed E-state index contributed by atoms with van der Waals surface area (Å²) in [7, 11) is -28.5. The molecule has 0 atom stereocenters. The summed E-state index contributed by atoms with van der Waals surface area (Å²) in [5, 5.41) is 12.4. The molecule has 0 bridgehead atoms. The number of carbonyl (C=O) groups is 2. The van der Waals surface area contributed by atoms with Gasteiger partial charge in [0.1, 0.15) is 22.9 Å². The van der Waals surface area contributed by atoms with E-state index in [4.69, 9.17) is 5.11 Å². The Morgan fingerprint density at radius 1 is 0.462 bits per heavy atom. The Labute approximate surface area is 609 Å². The average Bonchev–Trinajstić information content (AvgIpc) is 0.758. The summed E-state index contributed by atoms with van der Waals surface area (Å²) in [6.07, 6.45) is 21.5. The van der Waals surface area contributed by atoms with Crippen molar-refractivity contribution in [3.8, 4) is 0 Å². The van der Waals surface area contributed by atoms with Crippen molar-refractivity contribution in [3.05, 3.63) is 185 Å². The van der Waals surface area contributed by atoms with Gasteiger partial charge in [-0.25, -0.2) is 0 Å². The van der Waals surface area contributed by atoms with Gasteiger partial charge in [0.05, 0.1) is 20.4 Å². The topological polar surface area (TPSA) is 405 Å². The molecule has 0 aliphatic heterocycles. The molecule has 0 radical (unpaired) electrons. The number of nitrogens with one attached hydrogen (secondary N) is 1. The van der Waals surface area contributed by atoms with Crippen LogP contribution in [0.2, 0.25) is 0 Å². The van der Waals surface area contributed by atoms with Gasteiger partial charge in [-0.15, -0.1) is 0 Å². The maximum atomic E-state index is 13.4. The monoisotopic (exact) mass is 1550 g/mol. The molecule has 6 rings (SSSR count). The largest absolute Gasteiger partial charge is 0.481 e.